The summed E-state index contributed by atoms with van der Waals surface area (Å²) >= 11 is 0. The molecule has 7 nitrogen and oxygen atoms in total. The first-order chi connectivity index (χ1) is 10.9. The Balaban J connectivity index is 1.96. The number of amides is 2. The van der Waals surface area contributed by atoms with Crippen LogP contribution in [0.4, 0.5) is 4.39 Å². The van der Waals surface area contributed by atoms with E-state index in [1.165, 1.54) is 13.0 Å². The number of rotatable bonds is 6. The number of nitrogens with two attached hydrogens (primary N) is 1. The van der Waals surface area contributed by atoms with Crippen molar-refractivity contribution in [2.75, 3.05) is 0 Å². The lowest BCUT2D eigenvalue weighted by molar-refractivity contribution is -0.127. The number of aryl methyl sites for hydroxylation is 2. The lowest BCUT2D eigenvalue weighted by atomic mass is 10.1. The van der Waals surface area contributed by atoms with Crippen LogP contribution in [0.25, 0.3) is 11.4 Å². The van der Waals surface area contributed by atoms with Gasteiger partial charge in [-0.15, -0.1) is 0 Å². The number of halogens is 1. The summed E-state index contributed by atoms with van der Waals surface area (Å²) in [6.07, 6.45) is 0.312. The van der Waals surface area contributed by atoms with E-state index < -0.39 is 11.9 Å². The molecule has 0 saturated carbocycles. The van der Waals surface area contributed by atoms with E-state index in [4.69, 9.17) is 10.3 Å². The van der Waals surface area contributed by atoms with E-state index in [2.05, 4.69) is 15.5 Å². The number of nitrogens with zero attached hydrogens (tertiary/aromatic N) is 2. The Bertz CT molecular complexity index is 729. The second kappa shape index (κ2) is 6.99. The van der Waals surface area contributed by atoms with Crippen LogP contribution in [0.3, 0.4) is 0 Å². The second-order valence-corrected chi connectivity index (χ2v) is 5.17. The maximum Gasteiger partial charge on any atom is 0.239 e. The van der Waals surface area contributed by atoms with E-state index in [0.29, 0.717) is 17.0 Å². The summed E-state index contributed by atoms with van der Waals surface area (Å²) in [6, 6.07) is 3.77. The molecule has 23 heavy (non-hydrogen) atoms. The van der Waals surface area contributed by atoms with Gasteiger partial charge in [-0.25, -0.2) is 4.39 Å². The van der Waals surface area contributed by atoms with E-state index in [9.17, 15) is 14.0 Å². The van der Waals surface area contributed by atoms with Crippen LogP contribution in [0.5, 0.6) is 0 Å². The molecular formula is C15H17FN4O3. The first kappa shape index (κ1) is 16.6. The summed E-state index contributed by atoms with van der Waals surface area (Å²) in [5, 5.41) is 6.27. The molecule has 3 N–H and O–H groups in total. The van der Waals surface area contributed by atoms with Gasteiger partial charge in [-0.3, -0.25) is 9.59 Å². The van der Waals surface area contributed by atoms with Crippen LogP contribution in [0.2, 0.25) is 0 Å². The molecule has 0 aliphatic rings. The molecule has 8 heteroatoms. The molecule has 2 rings (SSSR count). The van der Waals surface area contributed by atoms with E-state index in [1.54, 1.807) is 19.1 Å². The van der Waals surface area contributed by atoms with Crippen molar-refractivity contribution in [2.24, 2.45) is 5.73 Å². The standard InChI is InChI=1S/C15H17FN4O3/c1-8-7-10(3-4-11(8)16)15-19-13(23-20-15)6-5-12(21)18-9(2)14(17)22/h3-4,7,9H,5-6H2,1-2H3,(H2,17,22)(H,18,21). The minimum Gasteiger partial charge on any atom is -0.368 e. The molecule has 1 aromatic heterocycles. The molecule has 0 fully saturated rings. The molecule has 122 valence electrons. The van der Waals surface area contributed by atoms with Crippen molar-refractivity contribution in [1.29, 1.82) is 0 Å². The van der Waals surface area contributed by atoms with Crippen molar-refractivity contribution < 1.29 is 18.5 Å². The summed E-state index contributed by atoms with van der Waals surface area (Å²) in [6.45, 7) is 3.14. The van der Waals surface area contributed by atoms with Gasteiger partial charge in [-0.2, -0.15) is 4.98 Å². The number of hydrogen-bond donors (Lipinski definition) is 2. The number of carbonyl (C=O) groups is 2. The summed E-state index contributed by atoms with van der Waals surface area (Å²) in [5.74, 6) is -0.644. The SMILES string of the molecule is Cc1cc(-c2noc(CCC(=O)NC(C)C(N)=O)n2)ccc1F. The molecule has 0 saturated heterocycles. The van der Waals surface area contributed by atoms with Crippen LogP contribution in [-0.4, -0.2) is 28.0 Å². The van der Waals surface area contributed by atoms with E-state index >= 15 is 0 Å². The van der Waals surface area contributed by atoms with Crippen molar-refractivity contribution in [3.8, 4) is 11.4 Å². The van der Waals surface area contributed by atoms with Gasteiger partial charge in [0.05, 0.1) is 0 Å². The third kappa shape index (κ3) is 4.35. The van der Waals surface area contributed by atoms with Crippen molar-refractivity contribution in [2.45, 2.75) is 32.7 Å². The Hall–Kier alpha value is -2.77. The lowest BCUT2D eigenvalue weighted by Crippen LogP contribution is -2.42. The van der Waals surface area contributed by atoms with E-state index in [-0.39, 0.29) is 30.5 Å². The number of aromatic nitrogens is 2. The Morgan fingerprint density at radius 3 is 2.83 bits per heavy atom. The Morgan fingerprint density at radius 1 is 1.43 bits per heavy atom. The summed E-state index contributed by atoms with van der Waals surface area (Å²) in [7, 11) is 0. The Labute approximate surface area is 132 Å². The molecule has 1 aromatic carbocycles. The predicted octanol–water partition coefficient (Wildman–Crippen LogP) is 1.11. The van der Waals surface area contributed by atoms with Gasteiger partial charge < -0.3 is 15.6 Å². The minimum absolute atomic E-state index is 0.0850. The third-order valence-corrected chi connectivity index (χ3v) is 3.25. The highest BCUT2D eigenvalue weighted by atomic mass is 19.1. The molecule has 2 amide bonds. The third-order valence-electron chi connectivity index (χ3n) is 3.25. The topological polar surface area (TPSA) is 111 Å². The molecular weight excluding hydrogens is 303 g/mol. The average Bonchev–Trinajstić information content (AvgIpc) is 2.96. The zero-order valence-corrected chi connectivity index (χ0v) is 12.8. The molecule has 0 spiro atoms. The predicted molar refractivity (Wildman–Crippen MR) is 79.5 cm³/mol. The fourth-order valence-electron chi connectivity index (χ4n) is 1.86. The number of hydrogen-bond acceptors (Lipinski definition) is 5. The number of primary amides is 1. The zero-order chi connectivity index (χ0) is 17.0. The number of carbonyl (C=O) groups excluding carboxylic acids is 2. The maximum atomic E-state index is 13.2. The normalized spacial score (nSPS) is 12.0. The lowest BCUT2D eigenvalue weighted by Gasteiger charge is -2.08. The van der Waals surface area contributed by atoms with Gasteiger partial charge >= 0.3 is 0 Å². The van der Waals surface area contributed by atoms with Crippen molar-refractivity contribution in [3.05, 3.63) is 35.5 Å². The first-order valence-electron chi connectivity index (χ1n) is 7.04. The van der Waals surface area contributed by atoms with Gasteiger partial charge in [0.25, 0.3) is 0 Å². The van der Waals surface area contributed by atoms with Crippen LogP contribution in [-0.2, 0) is 16.0 Å². The summed E-state index contributed by atoms with van der Waals surface area (Å²) in [4.78, 5) is 26.7. The Morgan fingerprint density at radius 2 is 2.17 bits per heavy atom. The van der Waals surface area contributed by atoms with Crippen molar-refractivity contribution in [3.63, 3.8) is 0 Å². The molecule has 0 aliphatic heterocycles. The molecule has 1 unspecified atom stereocenters. The van der Waals surface area contributed by atoms with Crippen molar-refractivity contribution in [1.82, 2.24) is 15.5 Å². The molecule has 0 radical (unpaired) electrons. The smallest absolute Gasteiger partial charge is 0.239 e. The van der Waals surface area contributed by atoms with Crippen LogP contribution >= 0.6 is 0 Å². The van der Waals surface area contributed by atoms with Crippen molar-refractivity contribution >= 4 is 11.8 Å². The average molecular weight is 320 g/mol. The monoisotopic (exact) mass is 320 g/mol. The highest BCUT2D eigenvalue weighted by Gasteiger charge is 2.14. The maximum absolute atomic E-state index is 13.2. The van der Waals surface area contributed by atoms with E-state index in [0.717, 1.165) is 0 Å². The summed E-state index contributed by atoms with van der Waals surface area (Å²) in [5.41, 5.74) is 6.17. The van der Waals surface area contributed by atoms with Gasteiger partial charge in [-0.1, -0.05) is 5.16 Å². The van der Waals surface area contributed by atoms with Crippen LogP contribution < -0.4 is 11.1 Å². The molecule has 1 atom stereocenters. The van der Waals surface area contributed by atoms with Crippen LogP contribution in [0, 0.1) is 12.7 Å². The van der Waals surface area contributed by atoms with Gasteiger partial charge in [0, 0.05) is 18.4 Å². The highest BCUT2D eigenvalue weighted by Crippen LogP contribution is 2.19. The quantitative estimate of drug-likeness (QED) is 0.828. The number of benzene rings is 1. The van der Waals surface area contributed by atoms with E-state index in [1.807, 2.05) is 0 Å². The highest BCUT2D eigenvalue weighted by molar-refractivity contribution is 5.86. The minimum atomic E-state index is -0.733. The fourth-order valence-corrected chi connectivity index (χ4v) is 1.86. The zero-order valence-electron chi connectivity index (χ0n) is 12.8. The fraction of sp³-hybridized carbons (Fsp3) is 0.333. The Kier molecular flexibility index (Phi) is 5.05. The molecule has 0 aliphatic carbocycles. The molecule has 2 aromatic rings. The summed E-state index contributed by atoms with van der Waals surface area (Å²) < 4.78 is 18.3. The molecule has 1 heterocycles. The molecule has 0 bridgehead atoms. The van der Waals surface area contributed by atoms with Crippen LogP contribution in [0.1, 0.15) is 24.8 Å². The van der Waals surface area contributed by atoms with Gasteiger partial charge in [-0.05, 0) is 37.6 Å². The first-order valence-corrected chi connectivity index (χ1v) is 7.04. The number of nitrogens with one attached hydrogen (secondary N) is 1. The van der Waals surface area contributed by atoms with Gasteiger partial charge in [0.2, 0.25) is 23.5 Å². The second-order valence-electron chi connectivity index (χ2n) is 5.17. The largest absolute Gasteiger partial charge is 0.368 e. The van der Waals surface area contributed by atoms with Crippen LogP contribution in [0.15, 0.2) is 22.7 Å². The van der Waals surface area contributed by atoms with Gasteiger partial charge in [0.15, 0.2) is 0 Å². The van der Waals surface area contributed by atoms with Gasteiger partial charge in [0.1, 0.15) is 11.9 Å².